The monoisotopic (exact) mass is 460 g/mol. The zero-order valence-electron chi connectivity index (χ0n) is 19.5. The Kier molecular flexibility index (Phi) is 7.22. The van der Waals surface area contributed by atoms with Crippen molar-refractivity contribution in [3.8, 4) is 23.0 Å². The Balaban J connectivity index is 1.59. The number of ether oxygens (including phenoxy) is 4. The van der Waals surface area contributed by atoms with E-state index in [9.17, 15) is 4.79 Å². The largest absolute Gasteiger partial charge is 0.493 e. The number of rotatable bonds is 10. The SMILES string of the molecule is COc1ccccc1OCC(=O)NCC(c1cccc(OC)c1OC)c1c[nH]c2ccccc12. The van der Waals surface area contributed by atoms with Gasteiger partial charge in [-0.2, -0.15) is 0 Å². The molecule has 1 atom stereocenters. The van der Waals surface area contributed by atoms with Gasteiger partial charge < -0.3 is 29.2 Å². The van der Waals surface area contributed by atoms with E-state index < -0.39 is 0 Å². The molecule has 4 rings (SSSR count). The minimum atomic E-state index is -0.238. The van der Waals surface area contributed by atoms with Gasteiger partial charge in [-0.05, 0) is 29.8 Å². The molecule has 7 heteroatoms. The average molecular weight is 461 g/mol. The molecule has 0 saturated heterocycles. The molecule has 0 aliphatic carbocycles. The predicted molar refractivity (Wildman–Crippen MR) is 131 cm³/mol. The lowest BCUT2D eigenvalue weighted by Gasteiger charge is -2.22. The molecule has 0 fully saturated rings. The van der Waals surface area contributed by atoms with Crippen LogP contribution in [-0.4, -0.2) is 45.4 Å². The lowest BCUT2D eigenvalue weighted by Crippen LogP contribution is -2.33. The van der Waals surface area contributed by atoms with Crippen LogP contribution in [-0.2, 0) is 4.79 Å². The van der Waals surface area contributed by atoms with Gasteiger partial charge in [0.1, 0.15) is 0 Å². The number of carbonyl (C=O) groups is 1. The number of hydrogen-bond acceptors (Lipinski definition) is 5. The van der Waals surface area contributed by atoms with Gasteiger partial charge in [-0.3, -0.25) is 4.79 Å². The molecular weight excluding hydrogens is 432 g/mol. The number of amides is 1. The molecule has 1 aromatic heterocycles. The van der Waals surface area contributed by atoms with Gasteiger partial charge in [0, 0.05) is 35.1 Å². The number of benzene rings is 3. The Morgan fingerprint density at radius 3 is 2.29 bits per heavy atom. The first-order chi connectivity index (χ1) is 16.7. The third-order valence-corrected chi connectivity index (χ3v) is 5.74. The van der Waals surface area contributed by atoms with Crippen LogP contribution in [0.15, 0.2) is 72.9 Å². The first kappa shape index (κ1) is 23.0. The molecule has 34 heavy (non-hydrogen) atoms. The fourth-order valence-corrected chi connectivity index (χ4v) is 4.10. The summed E-state index contributed by atoms with van der Waals surface area (Å²) in [4.78, 5) is 16.0. The second kappa shape index (κ2) is 10.7. The van der Waals surface area contributed by atoms with Crippen molar-refractivity contribution in [2.24, 2.45) is 0 Å². The maximum atomic E-state index is 12.7. The van der Waals surface area contributed by atoms with Crippen molar-refractivity contribution in [1.29, 1.82) is 0 Å². The van der Waals surface area contributed by atoms with E-state index in [4.69, 9.17) is 18.9 Å². The summed E-state index contributed by atoms with van der Waals surface area (Å²) in [7, 11) is 4.79. The van der Waals surface area contributed by atoms with Gasteiger partial charge in [0.05, 0.1) is 21.3 Å². The van der Waals surface area contributed by atoms with Crippen LogP contribution >= 0.6 is 0 Å². The molecule has 2 N–H and O–H groups in total. The van der Waals surface area contributed by atoms with Gasteiger partial charge in [-0.1, -0.05) is 42.5 Å². The highest BCUT2D eigenvalue weighted by Crippen LogP contribution is 2.40. The number of hydrogen-bond donors (Lipinski definition) is 2. The van der Waals surface area contributed by atoms with E-state index in [2.05, 4.69) is 16.4 Å². The van der Waals surface area contributed by atoms with Crippen LogP contribution in [0.4, 0.5) is 0 Å². The molecule has 3 aromatic carbocycles. The Bertz CT molecular complexity index is 1270. The third kappa shape index (κ3) is 4.78. The molecular formula is C27H28N2O5. The standard InChI is InChI=1S/C27H28N2O5/c1-31-23-12-6-7-13-24(23)34-17-26(30)29-16-21(19-10-8-14-25(32-2)27(19)33-3)20-15-28-22-11-5-4-9-18(20)22/h4-15,21,28H,16-17H2,1-3H3,(H,29,30). The molecule has 0 bridgehead atoms. The summed E-state index contributed by atoms with van der Waals surface area (Å²) in [5.74, 6) is 1.94. The van der Waals surface area contributed by atoms with Crippen LogP contribution in [0.25, 0.3) is 10.9 Å². The lowest BCUT2D eigenvalue weighted by atomic mass is 9.90. The number of aromatic nitrogens is 1. The number of carbonyl (C=O) groups excluding carboxylic acids is 1. The normalized spacial score (nSPS) is 11.6. The molecule has 1 unspecified atom stereocenters. The van der Waals surface area contributed by atoms with Gasteiger partial charge in [-0.25, -0.2) is 0 Å². The topological polar surface area (TPSA) is 81.8 Å². The zero-order chi connectivity index (χ0) is 23.9. The maximum Gasteiger partial charge on any atom is 0.257 e. The van der Waals surface area contributed by atoms with Crippen LogP contribution in [0.1, 0.15) is 17.0 Å². The molecule has 0 aliphatic rings. The van der Waals surface area contributed by atoms with E-state index in [-0.39, 0.29) is 18.4 Å². The van der Waals surface area contributed by atoms with Crippen LogP contribution in [0.2, 0.25) is 0 Å². The highest BCUT2D eigenvalue weighted by atomic mass is 16.5. The summed E-state index contributed by atoms with van der Waals surface area (Å²) in [6, 6.07) is 21.1. The smallest absolute Gasteiger partial charge is 0.257 e. The van der Waals surface area contributed by atoms with Gasteiger partial charge in [-0.15, -0.1) is 0 Å². The minimum absolute atomic E-state index is 0.129. The van der Waals surface area contributed by atoms with Crippen molar-refractivity contribution in [2.45, 2.75) is 5.92 Å². The number of nitrogens with one attached hydrogen (secondary N) is 2. The van der Waals surface area contributed by atoms with Gasteiger partial charge in [0.2, 0.25) is 0 Å². The van der Waals surface area contributed by atoms with Crippen molar-refractivity contribution in [3.63, 3.8) is 0 Å². The van der Waals surface area contributed by atoms with Crippen molar-refractivity contribution in [2.75, 3.05) is 34.5 Å². The van der Waals surface area contributed by atoms with Gasteiger partial charge in [0.15, 0.2) is 29.6 Å². The summed E-state index contributed by atoms with van der Waals surface area (Å²) < 4.78 is 22.2. The molecule has 0 aliphatic heterocycles. The lowest BCUT2D eigenvalue weighted by molar-refractivity contribution is -0.123. The van der Waals surface area contributed by atoms with E-state index in [0.717, 1.165) is 22.0 Å². The highest BCUT2D eigenvalue weighted by molar-refractivity contribution is 5.85. The number of methoxy groups -OCH3 is 3. The maximum absolute atomic E-state index is 12.7. The molecule has 7 nitrogen and oxygen atoms in total. The molecule has 1 heterocycles. The van der Waals surface area contributed by atoms with E-state index >= 15 is 0 Å². The fraction of sp³-hybridized carbons (Fsp3) is 0.222. The van der Waals surface area contributed by atoms with Crippen LogP contribution in [0, 0.1) is 0 Å². The zero-order valence-corrected chi connectivity index (χ0v) is 19.5. The Hall–Kier alpha value is -4.13. The van der Waals surface area contributed by atoms with Crippen molar-refractivity contribution in [1.82, 2.24) is 10.3 Å². The van der Waals surface area contributed by atoms with Crippen molar-refractivity contribution in [3.05, 3.63) is 84.1 Å². The van der Waals surface area contributed by atoms with E-state index in [1.807, 2.05) is 54.7 Å². The quantitative estimate of drug-likeness (QED) is 0.364. The van der Waals surface area contributed by atoms with Crippen LogP contribution in [0.3, 0.4) is 0 Å². The number of fused-ring (bicyclic) bond motifs is 1. The number of aromatic amines is 1. The predicted octanol–water partition coefficient (Wildman–Crippen LogP) is 4.52. The van der Waals surface area contributed by atoms with Crippen LogP contribution < -0.4 is 24.3 Å². The third-order valence-electron chi connectivity index (χ3n) is 5.74. The van der Waals surface area contributed by atoms with Crippen molar-refractivity contribution >= 4 is 16.8 Å². The van der Waals surface area contributed by atoms with Gasteiger partial charge >= 0.3 is 0 Å². The summed E-state index contributed by atoms with van der Waals surface area (Å²) in [6.07, 6.45) is 1.98. The molecule has 0 saturated carbocycles. The summed E-state index contributed by atoms with van der Waals surface area (Å²) >= 11 is 0. The fourth-order valence-electron chi connectivity index (χ4n) is 4.10. The van der Waals surface area contributed by atoms with Gasteiger partial charge in [0.25, 0.3) is 5.91 Å². The minimum Gasteiger partial charge on any atom is -0.493 e. The summed E-state index contributed by atoms with van der Waals surface area (Å²) in [5.41, 5.74) is 2.99. The Morgan fingerprint density at radius 2 is 1.53 bits per heavy atom. The van der Waals surface area contributed by atoms with E-state index in [1.165, 1.54) is 0 Å². The second-order valence-electron chi connectivity index (χ2n) is 7.67. The van der Waals surface area contributed by atoms with Crippen LogP contribution in [0.5, 0.6) is 23.0 Å². The molecule has 1 amide bonds. The molecule has 0 radical (unpaired) electrons. The molecule has 176 valence electrons. The summed E-state index contributed by atoms with van der Waals surface area (Å²) in [5, 5.41) is 4.10. The number of para-hydroxylation sites is 4. The Labute approximate surface area is 198 Å². The second-order valence-corrected chi connectivity index (χ2v) is 7.67. The molecule has 4 aromatic rings. The summed E-state index contributed by atoms with van der Waals surface area (Å²) in [6.45, 7) is 0.218. The first-order valence-corrected chi connectivity index (χ1v) is 11.0. The van der Waals surface area contributed by atoms with E-state index in [0.29, 0.717) is 29.5 Å². The highest BCUT2D eigenvalue weighted by Gasteiger charge is 2.24. The first-order valence-electron chi connectivity index (χ1n) is 11.0. The van der Waals surface area contributed by atoms with E-state index in [1.54, 1.807) is 33.5 Å². The Morgan fingerprint density at radius 1 is 0.824 bits per heavy atom. The molecule has 0 spiro atoms. The average Bonchev–Trinajstić information content (AvgIpc) is 3.31. The van der Waals surface area contributed by atoms with Crippen molar-refractivity contribution < 1.29 is 23.7 Å². The number of H-pyrrole nitrogens is 1.